The number of carbonyl (C=O) groups excluding carboxylic acids is 1. The van der Waals surface area contributed by atoms with Crippen LogP contribution in [0.3, 0.4) is 0 Å². The van der Waals surface area contributed by atoms with Gasteiger partial charge in [-0.2, -0.15) is 0 Å². The fourth-order valence-corrected chi connectivity index (χ4v) is 1.87. The summed E-state index contributed by atoms with van der Waals surface area (Å²) in [5.41, 5.74) is 5.78. The largest absolute Gasteiger partial charge is 0.355 e. The number of nitrogens with two attached hydrogens (primary N) is 1. The van der Waals surface area contributed by atoms with Crippen LogP contribution in [0, 0.1) is 5.82 Å². The summed E-state index contributed by atoms with van der Waals surface area (Å²) in [6.45, 7) is 6.11. The fourth-order valence-electron chi connectivity index (χ4n) is 1.87. The summed E-state index contributed by atoms with van der Waals surface area (Å²) in [6, 6.07) is 6.68. The lowest BCUT2D eigenvalue weighted by molar-refractivity contribution is -0.121. The first-order chi connectivity index (χ1) is 8.83. The normalized spacial score (nSPS) is 12.4. The van der Waals surface area contributed by atoms with Gasteiger partial charge in [0.2, 0.25) is 5.91 Å². The summed E-state index contributed by atoms with van der Waals surface area (Å²) in [7, 11) is 0. The number of nitrogens with one attached hydrogen (secondary N) is 1. The zero-order chi connectivity index (χ0) is 14.5. The van der Waals surface area contributed by atoms with Crippen molar-refractivity contribution < 1.29 is 9.18 Å². The van der Waals surface area contributed by atoms with Crippen molar-refractivity contribution in [2.45, 2.75) is 45.1 Å². The summed E-state index contributed by atoms with van der Waals surface area (Å²) in [4.78, 5) is 11.6. The quantitative estimate of drug-likeness (QED) is 0.849. The molecule has 3 nitrogen and oxygen atoms in total. The third-order valence-corrected chi connectivity index (χ3v) is 3.16. The molecule has 0 spiro atoms. The van der Waals surface area contributed by atoms with E-state index in [0.29, 0.717) is 24.9 Å². The maximum absolute atomic E-state index is 13.7. The predicted octanol–water partition coefficient (Wildman–Crippen LogP) is 2.77. The van der Waals surface area contributed by atoms with E-state index in [-0.39, 0.29) is 30.2 Å². The first kappa shape index (κ1) is 18.9. The Morgan fingerprint density at radius 2 is 2.00 bits per heavy atom. The summed E-state index contributed by atoms with van der Waals surface area (Å²) in [6.07, 6.45) is 1.07. The molecule has 0 saturated heterocycles. The van der Waals surface area contributed by atoms with Gasteiger partial charge in [-0.05, 0) is 25.0 Å². The lowest BCUT2D eigenvalue weighted by atomic mass is 9.84. The maximum Gasteiger partial charge on any atom is 0.220 e. The van der Waals surface area contributed by atoms with Gasteiger partial charge in [-0.15, -0.1) is 12.4 Å². The molecule has 3 N–H and O–H groups in total. The Hall–Kier alpha value is -1.13. The minimum atomic E-state index is -0.435. The van der Waals surface area contributed by atoms with Crippen LogP contribution < -0.4 is 11.1 Å². The Balaban J connectivity index is 0.00000361. The molecular formula is C15H24ClFN2O. The van der Waals surface area contributed by atoms with Gasteiger partial charge in [-0.1, -0.05) is 32.0 Å². The Morgan fingerprint density at radius 1 is 1.40 bits per heavy atom. The van der Waals surface area contributed by atoms with Crippen LogP contribution in [-0.2, 0) is 10.2 Å². The average molecular weight is 303 g/mol. The molecule has 0 bridgehead atoms. The molecule has 1 unspecified atom stereocenters. The predicted molar refractivity (Wildman–Crippen MR) is 82.6 cm³/mol. The number of rotatable bonds is 6. The second kappa shape index (κ2) is 8.22. The number of halogens is 2. The molecule has 1 aromatic carbocycles. The topological polar surface area (TPSA) is 55.1 Å². The van der Waals surface area contributed by atoms with Crippen molar-refractivity contribution in [2.75, 3.05) is 6.54 Å². The standard InChI is InChI=1S/C15H23FN2O.ClH/c1-11(17)8-9-14(19)18-10-15(2,3)12-6-4-5-7-13(12)16;/h4-7,11H,8-10,17H2,1-3H3,(H,18,19);1H. The van der Waals surface area contributed by atoms with E-state index in [9.17, 15) is 9.18 Å². The molecule has 5 heteroatoms. The first-order valence-corrected chi connectivity index (χ1v) is 6.60. The Bertz CT molecular complexity index is 436. The van der Waals surface area contributed by atoms with Crippen molar-refractivity contribution in [1.29, 1.82) is 0 Å². The molecule has 0 aromatic heterocycles. The van der Waals surface area contributed by atoms with Crippen molar-refractivity contribution in [3.05, 3.63) is 35.6 Å². The SMILES string of the molecule is CC(N)CCC(=O)NCC(C)(C)c1ccccc1F.Cl. The van der Waals surface area contributed by atoms with Crippen molar-refractivity contribution in [1.82, 2.24) is 5.32 Å². The molecule has 114 valence electrons. The summed E-state index contributed by atoms with van der Waals surface area (Å²) < 4.78 is 13.7. The highest BCUT2D eigenvalue weighted by Gasteiger charge is 2.24. The smallest absolute Gasteiger partial charge is 0.220 e. The van der Waals surface area contributed by atoms with Crippen molar-refractivity contribution >= 4 is 18.3 Å². The van der Waals surface area contributed by atoms with Gasteiger partial charge in [0.25, 0.3) is 0 Å². The van der Waals surface area contributed by atoms with Crippen molar-refractivity contribution in [2.24, 2.45) is 5.73 Å². The minimum Gasteiger partial charge on any atom is -0.355 e. The minimum absolute atomic E-state index is 0. The average Bonchev–Trinajstić information content (AvgIpc) is 2.34. The molecule has 1 rings (SSSR count). The molecule has 0 aliphatic carbocycles. The van der Waals surface area contributed by atoms with Gasteiger partial charge in [0.15, 0.2) is 0 Å². The molecular weight excluding hydrogens is 279 g/mol. The van der Waals surface area contributed by atoms with Crippen LogP contribution in [0.25, 0.3) is 0 Å². The monoisotopic (exact) mass is 302 g/mol. The van der Waals surface area contributed by atoms with Crippen LogP contribution >= 0.6 is 12.4 Å². The van der Waals surface area contributed by atoms with Gasteiger partial charge in [0.1, 0.15) is 5.82 Å². The highest BCUT2D eigenvalue weighted by molar-refractivity contribution is 5.85. The zero-order valence-electron chi connectivity index (χ0n) is 12.3. The Morgan fingerprint density at radius 3 is 2.55 bits per heavy atom. The molecule has 1 atom stereocenters. The van der Waals surface area contributed by atoms with E-state index < -0.39 is 5.41 Å². The van der Waals surface area contributed by atoms with Crippen molar-refractivity contribution in [3.63, 3.8) is 0 Å². The molecule has 20 heavy (non-hydrogen) atoms. The maximum atomic E-state index is 13.7. The summed E-state index contributed by atoms with van der Waals surface area (Å²) in [5, 5.41) is 2.84. The molecule has 0 heterocycles. The van der Waals surface area contributed by atoms with Gasteiger partial charge < -0.3 is 11.1 Å². The van der Waals surface area contributed by atoms with E-state index in [4.69, 9.17) is 5.73 Å². The third-order valence-electron chi connectivity index (χ3n) is 3.16. The van der Waals surface area contributed by atoms with Crippen LogP contribution in [0.5, 0.6) is 0 Å². The van der Waals surface area contributed by atoms with Crippen LogP contribution in [0.1, 0.15) is 39.2 Å². The van der Waals surface area contributed by atoms with E-state index in [1.165, 1.54) is 6.07 Å². The van der Waals surface area contributed by atoms with Gasteiger partial charge >= 0.3 is 0 Å². The summed E-state index contributed by atoms with van der Waals surface area (Å²) >= 11 is 0. The third kappa shape index (κ3) is 5.88. The van der Waals surface area contributed by atoms with E-state index in [2.05, 4.69) is 5.32 Å². The van der Waals surface area contributed by atoms with Gasteiger partial charge in [-0.3, -0.25) is 4.79 Å². The summed E-state index contributed by atoms with van der Waals surface area (Å²) in [5.74, 6) is -0.279. The molecule has 0 aliphatic rings. The number of hydrogen-bond donors (Lipinski definition) is 2. The van der Waals surface area contributed by atoms with Gasteiger partial charge in [0, 0.05) is 24.4 Å². The highest BCUT2D eigenvalue weighted by Crippen LogP contribution is 2.24. The zero-order valence-corrected chi connectivity index (χ0v) is 13.1. The fraction of sp³-hybridized carbons (Fsp3) is 0.533. The number of hydrogen-bond acceptors (Lipinski definition) is 2. The van der Waals surface area contributed by atoms with Crippen LogP contribution in [0.4, 0.5) is 4.39 Å². The van der Waals surface area contributed by atoms with Crippen LogP contribution in [0.15, 0.2) is 24.3 Å². The number of amides is 1. The van der Waals surface area contributed by atoms with Crippen LogP contribution in [-0.4, -0.2) is 18.5 Å². The number of carbonyl (C=O) groups is 1. The second-order valence-corrected chi connectivity index (χ2v) is 5.66. The molecule has 0 fully saturated rings. The van der Waals surface area contributed by atoms with Gasteiger partial charge in [-0.25, -0.2) is 4.39 Å². The molecule has 0 saturated carbocycles. The number of benzene rings is 1. The van der Waals surface area contributed by atoms with Crippen molar-refractivity contribution in [3.8, 4) is 0 Å². The molecule has 0 aliphatic heterocycles. The molecule has 0 radical (unpaired) electrons. The lowest BCUT2D eigenvalue weighted by Crippen LogP contribution is -2.37. The van der Waals surface area contributed by atoms with Crippen LogP contribution in [0.2, 0.25) is 0 Å². The highest BCUT2D eigenvalue weighted by atomic mass is 35.5. The van der Waals surface area contributed by atoms with E-state index in [1.54, 1.807) is 18.2 Å². The van der Waals surface area contributed by atoms with E-state index in [1.807, 2.05) is 20.8 Å². The second-order valence-electron chi connectivity index (χ2n) is 5.66. The lowest BCUT2D eigenvalue weighted by Gasteiger charge is -2.26. The van der Waals surface area contributed by atoms with E-state index >= 15 is 0 Å². The Labute approximate surface area is 126 Å². The first-order valence-electron chi connectivity index (χ1n) is 6.60. The molecule has 1 amide bonds. The van der Waals surface area contributed by atoms with E-state index in [0.717, 1.165) is 0 Å². The Kier molecular flexibility index (Phi) is 7.76. The van der Waals surface area contributed by atoms with Gasteiger partial charge in [0.05, 0.1) is 0 Å². The molecule has 1 aromatic rings.